The Morgan fingerprint density at radius 1 is 1.26 bits per heavy atom. The van der Waals surface area contributed by atoms with Crippen LogP contribution in [0, 0.1) is 5.82 Å². The normalized spacial score (nSPS) is 11.9. The van der Waals surface area contributed by atoms with Crippen molar-refractivity contribution in [1.82, 2.24) is 9.97 Å². The second kappa shape index (κ2) is 6.13. The molecule has 1 aromatic heterocycles. The van der Waals surface area contributed by atoms with Gasteiger partial charge in [0.1, 0.15) is 17.5 Å². The molecule has 0 spiro atoms. The van der Waals surface area contributed by atoms with Gasteiger partial charge in [-0.1, -0.05) is 12.1 Å². The first kappa shape index (κ1) is 13.3. The third kappa shape index (κ3) is 3.64. The molecule has 100 valence electrons. The van der Waals surface area contributed by atoms with Crippen LogP contribution >= 0.6 is 0 Å². The molecule has 0 amide bonds. The van der Waals surface area contributed by atoms with Gasteiger partial charge >= 0.3 is 0 Å². The molecule has 2 N–H and O–H groups in total. The first-order valence-corrected chi connectivity index (χ1v) is 6.27. The summed E-state index contributed by atoms with van der Waals surface area (Å²) in [6.07, 6.45) is 3.32. The van der Waals surface area contributed by atoms with Gasteiger partial charge in [-0.3, -0.25) is 4.98 Å². The van der Waals surface area contributed by atoms with Crippen LogP contribution < -0.4 is 10.6 Å². The quantitative estimate of drug-likeness (QED) is 0.866. The lowest BCUT2D eigenvalue weighted by molar-refractivity contribution is 0.623. The molecule has 2 rings (SSSR count). The molecule has 0 fully saturated rings. The molecule has 0 saturated carbocycles. The Morgan fingerprint density at radius 2 is 2.05 bits per heavy atom. The number of benzene rings is 1. The highest BCUT2D eigenvalue weighted by atomic mass is 19.1. The number of hydrogen-bond acceptors (Lipinski definition) is 4. The van der Waals surface area contributed by atoms with Crippen molar-refractivity contribution in [3.63, 3.8) is 0 Å². The summed E-state index contributed by atoms with van der Waals surface area (Å²) in [6, 6.07) is 6.48. The molecule has 1 heterocycles. The van der Waals surface area contributed by atoms with E-state index in [0.29, 0.717) is 5.82 Å². The lowest BCUT2D eigenvalue weighted by Crippen LogP contribution is -2.09. The van der Waals surface area contributed by atoms with E-state index >= 15 is 0 Å². The molecule has 1 aromatic carbocycles. The second-order valence-corrected chi connectivity index (χ2v) is 4.24. The molecule has 1 unspecified atom stereocenters. The smallest absolute Gasteiger partial charge is 0.147 e. The highest BCUT2D eigenvalue weighted by Crippen LogP contribution is 2.18. The largest absolute Gasteiger partial charge is 0.369 e. The highest BCUT2D eigenvalue weighted by Gasteiger charge is 2.07. The molecular weight excluding hydrogens is 243 g/mol. The van der Waals surface area contributed by atoms with Gasteiger partial charge in [0.25, 0.3) is 0 Å². The van der Waals surface area contributed by atoms with Crippen molar-refractivity contribution in [2.45, 2.75) is 19.9 Å². The Bertz CT molecular complexity index is 544. The summed E-state index contributed by atoms with van der Waals surface area (Å²) in [4.78, 5) is 8.48. The van der Waals surface area contributed by atoms with E-state index in [2.05, 4.69) is 20.6 Å². The number of hydrogen-bond donors (Lipinski definition) is 2. The summed E-state index contributed by atoms with van der Waals surface area (Å²) in [5.41, 5.74) is 0.871. The van der Waals surface area contributed by atoms with Crippen LogP contribution in [0.15, 0.2) is 36.7 Å². The topological polar surface area (TPSA) is 49.8 Å². The molecule has 0 aliphatic carbocycles. The van der Waals surface area contributed by atoms with Crippen LogP contribution in [0.1, 0.15) is 25.5 Å². The number of rotatable bonds is 5. The van der Waals surface area contributed by atoms with Gasteiger partial charge in [0.15, 0.2) is 0 Å². The molecule has 4 nitrogen and oxygen atoms in total. The average Bonchev–Trinajstić information content (AvgIpc) is 2.39. The third-order valence-electron chi connectivity index (χ3n) is 2.71. The molecule has 5 heteroatoms. The van der Waals surface area contributed by atoms with Crippen molar-refractivity contribution in [3.05, 3.63) is 48.0 Å². The molecule has 0 bridgehead atoms. The minimum absolute atomic E-state index is 0.0399. The van der Waals surface area contributed by atoms with Crippen LogP contribution in [0.3, 0.4) is 0 Å². The minimum atomic E-state index is -0.237. The van der Waals surface area contributed by atoms with Gasteiger partial charge in [0.2, 0.25) is 0 Å². The van der Waals surface area contributed by atoms with E-state index in [9.17, 15) is 4.39 Å². The Balaban J connectivity index is 2.10. The van der Waals surface area contributed by atoms with E-state index in [1.165, 1.54) is 12.1 Å². The third-order valence-corrected chi connectivity index (χ3v) is 2.71. The summed E-state index contributed by atoms with van der Waals surface area (Å²) >= 11 is 0. The summed E-state index contributed by atoms with van der Waals surface area (Å²) in [5, 5.41) is 6.30. The fourth-order valence-electron chi connectivity index (χ4n) is 1.78. The molecule has 0 radical (unpaired) electrons. The molecule has 0 aliphatic heterocycles. The molecular formula is C14H17FN4. The van der Waals surface area contributed by atoms with Crippen LogP contribution in [0.2, 0.25) is 0 Å². The summed E-state index contributed by atoms with van der Waals surface area (Å²) in [5.74, 6) is 1.15. The Kier molecular flexibility index (Phi) is 4.28. The van der Waals surface area contributed by atoms with Crippen LogP contribution in [0.25, 0.3) is 0 Å². The van der Waals surface area contributed by atoms with E-state index in [4.69, 9.17) is 0 Å². The lowest BCUT2D eigenvalue weighted by atomic mass is 10.1. The van der Waals surface area contributed by atoms with Crippen molar-refractivity contribution < 1.29 is 4.39 Å². The van der Waals surface area contributed by atoms with E-state index in [-0.39, 0.29) is 11.9 Å². The van der Waals surface area contributed by atoms with Crippen LogP contribution in [0.5, 0.6) is 0 Å². The van der Waals surface area contributed by atoms with Crippen molar-refractivity contribution in [2.24, 2.45) is 0 Å². The standard InChI is InChI=1S/C14H17FN4/c1-3-17-13-8-16-9-14(19-13)18-10(2)11-5-4-6-12(15)7-11/h4-10H,3H2,1-2H3,(H2,17,18,19). The number of anilines is 2. The maximum absolute atomic E-state index is 13.2. The van der Waals surface area contributed by atoms with Gasteiger partial charge in [0.05, 0.1) is 18.4 Å². The van der Waals surface area contributed by atoms with Gasteiger partial charge in [-0.05, 0) is 31.5 Å². The Labute approximate surface area is 112 Å². The van der Waals surface area contributed by atoms with Crippen molar-refractivity contribution >= 4 is 11.6 Å². The minimum Gasteiger partial charge on any atom is -0.369 e. The molecule has 2 aromatic rings. The number of aromatic nitrogens is 2. The fraction of sp³-hybridized carbons (Fsp3) is 0.286. The zero-order valence-corrected chi connectivity index (χ0v) is 11.0. The number of nitrogens with one attached hydrogen (secondary N) is 2. The van der Waals surface area contributed by atoms with Gasteiger partial charge in [-0.15, -0.1) is 0 Å². The maximum Gasteiger partial charge on any atom is 0.147 e. The summed E-state index contributed by atoms with van der Waals surface area (Å²) in [6.45, 7) is 4.74. The maximum atomic E-state index is 13.2. The Morgan fingerprint density at radius 3 is 2.79 bits per heavy atom. The van der Waals surface area contributed by atoms with Crippen molar-refractivity contribution in [2.75, 3.05) is 17.2 Å². The number of halogens is 1. The predicted molar refractivity (Wildman–Crippen MR) is 74.6 cm³/mol. The summed E-state index contributed by atoms with van der Waals surface area (Å²) < 4.78 is 13.2. The zero-order valence-electron chi connectivity index (χ0n) is 11.0. The van der Waals surface area contributed by atoms with Crippen LogP contribution in [0.4, 0.5) is 16.0 Å². The average molecular weight is 260 g/mol. The molecule has 0 aliphatic rings. The Hall–Kier alpha value is -2.17. The van der Waals surface area contributed by atoms with E-state index < -0.39 is 0 Å². The van der Waals surface area contributed by atoms with Gasteiger partial charge in [0, 0.05) is 6.54 Å². The van der Waals surface area contributed by atoms with Crippen molar-refractivity contribution in [3.8, 4) is 0 Å². The summed E-state index contributed by atoms with van der Waals surface area (Å²) in [7, 11) is 0. The first-order chi connectivity index (χ1) is 9.19. The van der Waals surface area contributed by atoms with Crippen LogP contribution in [-0.4, -0.2) is 16.5 Å². The SMILES string of the molecule is CCNc1cncc(NC(C)c2cccc(F)c2)n1. The van der Waals surface area contributed by atoms with E-state index in [1.807, 2.05) is 19.9 Å². The monoisotopic (exact) mass is 260 g/mol. The van der Waals surface area contributed by atoms with E-state index in [0.717, 1.165) is 17.9 Å². The second-order valence-electron chi connectivity index (χ2n) is 4.24. The van der Waals surface area contributed by atoms with Crippen molar-refractivity contribution in [1.29, 1.82) is 0 Å². The van der Waals surface area contributed by atoms with Gasteiger partial charge in [-0.2, -0.15) is 0 Å². The lowest BCUT2D eigenvalue weighted by Gasteiger charge is -2.15. The zero-order chi connectivity index (χ0) is 13.7. The molecule has 0 saturated heterocycles. The number of nitrogens with zero attached hydrogens (tertiary/aromatic N) is 2. The van der Waals surface area contributed by atoms with Gasteiger partial charge in [-0.25, -0.2) is 9.37 Å². The first-order valence-electron chi connectivity index (χ1n) is 6.27. The van der Waals surface area contributed by atoms with Crippen LogP contribution in [-0.2, 0) is 0 Å². The van der Waals surface area contributed by atoms with E-state index in [1.54, 1.807) is 18.5 Å². The molecule has 1 atom stereocenters. The predicted octanol–water partition coefficient (Wildman–Crippen LogP) is 3.22. The van der Waals surface area contributed by atoms with Gasteiger partial charge < -0.3 is 10.6 Å². The fourth-order valence-corrected chi connectivity index (χ4v) is 1.78. The highest BCUT2D eigenvalue weighted by molar-refractivity contribution is 5.43. The molecule has 19 heavy (non-hydrogen) atoms.